The van der Waals surface area contributed by atoms with Gasteiger partial charge < -0.3 is 9.88 Å². The van der Waals surface area contributed by atoms with Crippen LogP contribution in [0.3, 0.4) is 0 Å². The van der Waals surface area contributed by atoms with Crippen LogP contribution in [0.1, 0.15) is 62.3 Å². The third-order valence-electron chi connectivity index (χ3n) is 6.45. The second kappa shape index (κ2) is 9.11. The predicted molar refractivity (Wildman–Crippen MR) is 120 cm³/mol. The molecule has 2 aliphatic carbocycles. The number of fused-ring (bicyclic) bond motifs is 1. The number of amides is 1. The van der Waals surface area contributed by atoms with Crippen molar-refractivity contribution in [1.29, 1.82) is 5.26 Å². The normalized spacial score (nSPS) is 20.4. The minimum Gasteiger partial charge on any atom is -0.337 e. The summed E-state index contributed by atoms with van der Waals surface area (Å²) in [4.78, 5) is 15.1. The van der Waals surface area contributed by atoms with Gasteiger partial charge >= 0.3 is 0 Å². The van der Waals surface area contributed by atoms with Gasteiger partial charge in [-0.2, -0.15) is 5.26 Å². The molecule has 2 aromatic rings. The Balaban J connectivity index is 1.40. The number of carbonyl (C=O) groups is 1. The topological polar surface area (TPSA) is 83.6 Å². The van der Waals surface area contributed by atoms with Crippen molar-refractivity contribution >= 4 is 29.0 Å². The van der Waals surface area contributed by atoms with Crippen molar-refractivity contribution in [2.45, 2.75) is 75.4 Å². The van der Waals surface area contributed by atoms with Crippen LogP contribution in [0.15, 0.2) is 11.2 Å². The number of carbonyl (C=O) groups excluding carboxylic acids is 1. The molecule has 1 N–H and O–H groups in total. The molecule has 0 aromatic carbocycles. The van der Waals surface area contributed by atoms with Gasteiger partial charge in [0.1, 0.15) is 5.54 Å². The van der Waals surface area contributed by atoms with Crippen molar-refractivity contribution in [1.82, 2.24) is 20.1 Å². The zero-order chi connectivity index (χ0) is 21.1. The van der Waals surface area contributed by atoms with Crippen LogP contribution < -0.4 is 5.32 Å². The van der Waals surface area contributed by atoms with Gasteiger partial charge in [0, 0.05) is 11.9 Å². The maximum atomic E-state index is 12.5. The van der Waals surface area contributed by atoms with E-state index < -0.39 is 5.54 Å². The van der Waals surface area contributed by atoms with Crippen LogP contribution in [0.2, 0.25) is 0 Å². The van der Waals surface area contributed by atoms with Crippen LogP contribution >= 0.6 is 23.1 Å². The first kappa shape index (κ1) is 21.4. The fraction of sp³-hybridized carbons (Fsp3) is 0.636. The Hall–Kier alpha value is -1.85. The molecular weight excluding hydrogens is 414 g/mol. The molecule has 0 saturated heterocycles. The van der Waals surface area contributed by atoms with Crippen LogP contribution in [0.5, 0.6) is 0 Å². The summed E-state index contributed by atoms with van der Waals surface area (Å²) in [6.07, 6.45) is 9.48. The summed E-state index contributed by atoms with van der Waals surface area (Å²) in [5, 5.41) is 22.0. The summed E-state index contributed by atoms with van der Waals surface area (Å²) in [5.74, 6) is 1.80. The minimum atomic E-state index is -0.687. The Morgan fingerprint density at radius 2 is 2.20 bits per heavy atom. The van der Waals surface area contributed by atoms with E-state index in [1.54, 1.807) is 0 Å². The molecule has 2 aliphatic rings. The van der Waals surface area contributed by atoms with E-state index in [0.717, 1.165) is 53.9 Å². The average Bonchev–Trinajstić information content (AvgIpc) is 3.35. The molecule has 4 rings (SSSR count). The number of nitriles is 1. The van der Waals surface area contributed by atoms with Gasteiger partial charge in [-0.3, -0.25) is 4.79 Å². The number of aryl methyl sites for hydroxylation is 1. The number of rotatable bonds is 6. The van der Waals surface area contributed by atoms with Gasteiger partial charge in [-0.1, -0.05) is 44.4 Å². The Morgan fingerprint density at radius 1 is 1.40 bits per heavy atom. The predicted octanol–water partition coefficient (Wildman–Crippen LogP) is 4.49. The van der Waals surface area contributed by atoms with Crippen molar-refractivity contribution in [2.75, 3.05) is 5.75 Å². The van der Waals surface area contributed by atoms with Crippen LogP contribution in [-0.4, -0.2) is 32.0 Å². The lowest BCUT2D eigenvalue weighted by atomic mass is 9.83. The molecule has 8 heteroatoms. The molecule has 2 heterocycles. The van der Waals surface area contributed by atoms with Crippen LogP contribution in [0, 0.1) is 17.2 Å². The summed E-state index contributed by atoms with van der Waals surface area (Å²) >= 11 is 3.21. The zero-order valence-electron chi connectivity index (χ0n) is 17.7. The Bertz CT molecular complexity index is 951. The Kier molecular flexibility index (Phi) is 6.49. The SMILES string of the molecule is CCC1CCc2sc(-c3nnc(SCC(=O)NC4(C#N)CCCCC4)n3C)cc2C1. The van der Waals surface area contributed by atoms with E-state index in [0.29, 0.717) is 0 Å². The molecule has 0 spiro atoms. The number of nitrogens with one attached hydrogen (secondary N) is 1. The van der Waals surface area contributed by atoms with E-state index in [2.05, 4.69) is 34.6 Å². The van der Waals surface area contributed by atoms with Crippen LogP contribution in [0.4, 0.5) is 0 Å². The summed E-state index contributed by atoms with van der Waals surface area (Å²) in [6, 6.07) is 4.63. The number of thiophene rings is 1. The first-order valence-corrected chi connectivity index (χ1v) is 12.7. The first-order chi connectivity index (χ1) is 14.5. The van der Waals surface area contributed by atoms with E-state index >= 15 is 0 Å². The second-order valence-electron chi connectivity index (χ2n) is 8.53. The fourth-order valence-corrected chi connectivity index (χ4v) is 6.51. The number of hydrogen-bond donors (Lipinski definition) is 1. The monoisotopic (exact) mass is 443 g/mol. The maximum absolute atomic E-state index is 12.5. The van der Waals surface area contributed by atoms with Crippen molar-refractivity contribution in [3.63, 3.8) is 0 Å². The van der Waals surface area contributed by atoms with Gasteiger partial charge in [-0.15, -0.1) is 21.5 Å². The van der Waals surface area contributed by atoms with Crippen molar-refractivity contribution in [2.24, 2.45) is 13.0 Å². The summed E-state index contributed by atoms with van der Waals surface area (Å²) in [6.45, 7) is 2.28. The molecule has 30 heavy (non-hydrogen) atoms. The molecule has 0 radical (unpaired) electrons. The van der Waals surface area contributed by atoms with Gasteiger partial charge in [0.25, 0.3) is 0 Å². The first-order valence-electron chi connectivity index (χ1n) is 10.9. The lowest BCUT2D eigenvalue weighted by molar-refractivity contribution is -0.120. The third kappa shape index (κ3) is 4.42. The van der Waals surface area contributed by atoms with Gasteiger partial charge in [0.2, 0.25) is 5.91 Å². The molecule has 1 fully saturated rings. The van der Waals surface area contributed by atoms with Gasteiger partial charge in [0.05, 0.1) is 16.7 Å². The summed E-state index contributed by atoms with van der Waals surface area (Å²) in [5.41, 5.74) is 0.784. The van der Waals surface area contributed by atoms with Crippen molar-refractivity contribution < 1.29 is 4.79 Å². The highest BCUT2D eigenvalue weighted by molar-refractivity contribution is 7.99. The minimum absolute atomic E-state index is 0.106. The molecule has 1 amide bonds. The number of aromatic nitrogens is 3. The van der Waals surface area contributed by atoms with E-state index in [-0.39, 0.29) is 11.7 Å². The fourth-order valence-electron chi connectivity index (χ4n) is 4.57. The molecule has 6 nitrogen and oxygen atoms in total. The van der Waals surface area contributed by atoms with E-state index in [4.69, 9.17) is 0 Å². The average molecular weight is 444 g/mol. The van der Waals surface area contributed by atoms with E-state index in [1.807, 2.05) is 23.0 Å². The second-order valence-corrected chi connectivity index (χ2v) is 10.6. The number of thioether (sulfide) groups is 1. The number of nitrogens with zero attached hydrogens (tertiary/aromatic N) is 4. The number of hydrogen-bond acceptors (Lipinski definition) is 6. The molecule has 1 atom stereocenters. The molecule has 0 bridgehead atoms. The van der Waals surface area contributed by atoms with Crippen LogP contribution in [-0.2, 0) is 24.7 Å². The summed E-state index contributed by atoms with van der Waals surface area (Å²) < 4.78 is 1.98. The molecule has 160 valence electrons. The van der Waals surface area contributed by atoms with E-state index in [1.165, 1.54) is 47.9 Å². The molecular formula is C22H29N5OS2. The van der Waals surface area contributed by atoms with Crippen LogP contribution in [0.25, 0.3) is 10.7 Å². The van der Waals surface area contributed by atoms with Crippen molar-refractivity contribution in [3.05, 3.63) is 16.5 Å². The largest absolute Gasteiger partial charge is 0.337 e. The third-order valence-corrected chi connectivity index (χ3v) is 8.70. The Morgan fingerprint density at radius 3 is 2.93 bits per heavy atom. The lowest BCUT2D eigenvalue weighted by Crippen LogP contribution is -2.49. The highest BCUT2D eigenvalue weighted by Crippen LogP contribution is 2.38. The smallest absolute Gasteiger partial charge is 0.231 e. The Labute approximate surface area is 186 Å². The summed E-state index contributed by atoms with van der Waals surface area (Å²) in [7, 11) is 1.96. The molecule has 1 unspecified atom stereocenters. The molecule has 1 saturated carbocycles. The molecule has 0 aliphatic heterocycles. The highest BCUT2D eigenvalue weighted by atomic mass is 32.2. The maximum Gasteiger partial charge on any atom is 0.231 e. The van der Waals surface area contributed by atoms with Crippen molar-refractivity contribution in [3.8, 4) is 16.8 Å². The quantitative estimate of drug-likeness (QED) is 0.665. The molecule has 2 aromatic heterocycles. The van der Waals surface area contributed by atoms with E-state index in [9.17, 15) is 10.1 Å². The van der Waals surface area contributed by atoms with Gasteiger partial charge in [0.15, 0.2) is 11.0 Å². The lowest BCUT2D eigenvalue weighted by Gasteiger charge is -2.31. The highest BCUT2D eigenvalue weighted by Gasteiger charge is 2.33. The standard InChI is InChI=1S/C22H29N5OS2/c1-3-15-7-8-17-16(11-15)12-18(30-17)20-25-26-21(27(20)2)29-13-19(28)24-22(14-23)9-5-4-6-10-22/h12,15H,3-11,13H2,1-2H3,(H,24,28). The van der Waals surface area contributed by atoms with Gasteiger partial charge in [-0.05, 0) is 49.7 Å². The van der Waals surface area contributed by atoms with Gasteiger partial charge in [-0.25, -0.2) is 0 Å². The zero-order valence-corrected chi connectivity index (χ0v) is 19.4.